The Morgan fingerprint density at radius 3 is 2.09 bits per heavy atom. The number of aliphatic hydroxyl groups is 1. The molecule has 0 aliphatic heterocycles. The van der Waals surface area contributed by atoms with Crippen LogP contribution in [0.5, 0.6) is 0 Å². The highest BCUT2D eigenvalue weighted by Gasteiger charge is 2.05. The first kappa shape index (κ1) is 10.9. The fraction of sp³-hybridized carbons (Fsp3) is 1.00. The van der Waals surface area contributed by atoms with E-state index in [1.54, 1.807) is 6.92 Å². The van der Waals surface area contributed by atoms with E-state index >= 15 is 0 Å². The Hall–Kier alpha value is -0.0800. The maximum absolute atomic E-state index is 8.91. The van der Waals surface area contributed by atoms with E-state index in [1.807, 2.05) is 6.92 Å². The fourth-order valence-corrected chi connectivity index (χ4v) is 1.04. The highest BCUT2D eigenvalue weighted by atomic mass is 16.5. The van der Waals surface area contributed by atoms with E-state index in [0.717, 1.165) is 6.42 Å². The first-order chi connectivity index (χ1) is 5.02. The molecule has 11 heavy (non-hydrogen) atoms. The van der Waals surface area contributed by atoms with E-state index in [0.29, 0.717) is 12.5 Å². The van der Waals surface area contributed by atoms with Crippen LogP contribution in [0.15, 0.2) is 0 Å². The van der Waals surface area contributed by atoms with Gasteiger partial charge in [-0.05, 0) is 26.2 Å². The van der Waals surface area contributed by atoms with E-state index in [4.69, 9.17) is 9.84 Å². The lowest BCUT2D eigenvalue weighted by Crippen LogP contribution is -2.18. The van der Waals surface area contributed by atoms with Crippen molar-refractivity contribution in [1.29, 1.82) is 0 Å². The van der Waals surface area contributed by atoms with Crippen LogP contribution in [0.4, 0.5) is 0 Å². The van der Waals surface area contributed by atoms with Crippen molar-refractivity contribution in [2.45, 2.75) is 46.3 Å². The second kappa shape index (κ2) is 5.56. The maximum Gasteiger partial charge on any atom is 0.0745 e. The van der Waals surface area contributed by atoms with E-state index in [1.165, 1.54) is 0 Å². The van der Waals surface area contributed by atoms with Crippen molar-refractivity contribution in [3.05, 3.63) is 0 Å². The maximum atomic E-state index is 8.91. The Balaban J connectivity index is 3.29. The number of aliphatic hydroxyl groups excluding tert-OH is 1. The molecular weight excluding hydrogens is 140 g/mol. The Labute approximate surface area is 69.6 Å². The Kier molecular flexibility index (Phi) is 5.51. The molecule has 0 aromatic heterocycles. The Morgan fingerprint density at radius 2 is 1.73 bits per heavy atom. The second-order valence-electron chi connectivity index (χ2n) is 3.62. The van der Waals surface area contributed by atoms with Gasteiger partial charge in [0.15, 0.2) is 0 Å². The Bertz CT molecular complexity index is 89.6. The Morgan fingerprint density at radius 1 is 1.18 bits per heavy atom. The van der Waals surface area contributed by atoms with Crippen molar-refractivity contribution in [2.24, 2.45) is 5.92 Å². The predicted octanol–water partition coefficient (Wildman–Crippen LogP) is 1.82. The first-order valence-electron chi connectivity index (χ1n) is 4.32. The van der Waals surface area contributed by atoms with Crippen LogP contribution in [0.2, 0.25) is 0 Å². The molecule has 0 spiro atoms. The van der Waals surface area contributed by atoms with Gasteiger partial charge in [-0.3, -0.25) is 0 Å². The summed E-state index contributed by atoms with van der Waals surface area (Å²) in [6.45, 7) is 8.57. The highest BCUT2D eigenvalue weighted by Crippen LogP contribution is 2.07. The van der Waals surface area contributed by atoms with E-state index in [-0.39, 0.29) is 12.2 Å². The number of ether oxygens (including phenoxy) is 1. The molecule has 0 aliphatic rings. The van der Waals surface area contributed by atoms with Gasteiger partial charge in [0.25, 0.3) is 0 Å². The third-order valence-electron chi connectivity index (χ3n) is 1.43. The van der Waals surface area contributed by atoms with E-state index in [9.17, 15) is 0 Å². The first-order valence-corrected chi connectivity index (χ1v) is 4.32. The van der Waals surface area contributed by atoms with Crippen LogP contribution in [0, 0.1) is 5.92 Å². The molecular formula is C9H20O2. The van der Waals surface area contributed by atoms with E-state index < -0.39 is 0 Å². The quantitative estimate of drug-likeness (QED) is 0.664. The van der Waals surface area contributed by atoms with Gasteiger partial charge >= 0.3 is 0 Å². The summed E-state index contributed by atoms with van der Waals surface area (Å²) in [6, 6.07) is 0. The van der Waals surface area contributed by atoms with Crippen molar-refractivity contribution in [2.75, 3.05) is 6.61 Å². The second-order valence-corrected chi connectivity index (χ2v) is 3.62. The van der Waals surface area contributed by atoms with Crippen LogP contribution in [0.3, 0.4) is 0 Å². The lowest BCUT2D eigenvalue weighted by molar-refractivity contribution is -0.00257. The number of hydrogen-bond donors (Lipinski definition) is 1. The summed E-state index contributed by atoms with van der Waals surface area (Å²) < 4.78 is 5.36. The lowest BCUT2D eigenvalue weighted by atomic mass is 10.1. The summed E-state index contributed by atoms with van der Waals surface area (Å²) in [5, 5.41) is 8.91. The summed E-state index contributed by atoms with van der Waals surface area (Å²) in [6.07, 6.45) is 0.987. The zero-order valence-electron chi connectivity index (χ0n) is 8.00. The average Bonchev–Trinajstić information content (AvgIpc) is 1.82. The summed E-state index contributed by atoms with van der Waals surface area (Å²) in [7, 11) is 0. The minimum Gasteiger partial charge on any atom is -0.391 e. The molecule has 2 nitrogen and oxygen atoms in total. The third-order valence-corrected chi connectivity index (χ3v) is 1.43. The van der Waals surface area contributed by atoms with Gasteiger partial charge in [-0.25, -0.2) is 0 Å². The van der Waals surface area contributed by atoms with Crippen LogP contribution in [-0.4, -0.2) is 23.9 Å². The molecule has 68 valence electrons. The molecule has 0 saturated heterocycles. The minimum absolute atomic E-state index is 0.268. The largest absolute Gasteiger partial charge is 0.391 e. The molecule has 2 heteroatoms. The molecule has 0 aromatic rings. The van der Waals surface area contributed by atoms with Crippen molar-refractivity contribution in [1.82, 2.24) is 0 Å². The average molecular weight is 160 g/mol. The van der Waals surface area contributed by atoms with Gasteiger partial charge in [0, 0.05) is 0 Å². The van der Waals surface area contributed by atoms with Crippen molar-refractivity contribution < 1.29 is 9.84 Å². The zero-order chi connectivity index (χ0) is 8.85. The molecule has 0 aromatic carbocycles. The smallest absolute Gasteiger partial charge is 0.0745 e. The topological polar surface area (TPSA) is 29.5 Å². The fourth-order valence-electron chi connectivity index (χ4n) is 1.04. The molecule has 0 fully saturated rings. The van der Waals surface area contributed by atoms with Crippen LogP contribution >= 0.6 is 0 Å². The van der Waals surface area contributed by atoms with Crippen LogP contribution in [0.1, 0.15) is 34.1 Å². The van der Waals surface area contributed by atoms with E-state index in [2.05, 4.69) is 13.8 Å². The molecule has 2 unspecified atom stereocenters. The van der Waals surface area contributed by atoms with Gasteiger partial charge in [0.2, 0.25) is 0 Å². The molecule has 0 saturated carbocycles. The van der Waals surface area contributed by atoms with Gasteiger partial charge in [0.05, 0.1) is 18.8 Å². The van der Waals surface area contributed by atoms with Crippen molar-refractivity contribution in [3.63, 3.8) is 0 Å². The molecule has 0 bridgehead atoms. The van der Waals surface area contributed by atoms with Crippen LogP contribution < -0.4 is 0 Å². The van der Waals surface area contributed by atoms with Gasteiger partial charge in [-0.15, -0.1) is 0 Å². The third kappa shape index (κ3) is 7.82. The zero-order valence-corrected chi connectivity index (χ0v) is 8.00. The molecule has 0 rings (SSSR count). The molecule has 1 N–H and O–H groups in total. The number of hydrogen-bond acceptors (Lipinski definition) is 2. The normalized spacial score (nSPS) is 16.9. The van der Waals surface area contributed by atoms with Gasteiger partial charge < -0.3 is 9.84 Å². The van der Waals surface area contributed by atoms with Crippen LogP contribution in [0.25, 0.3) is 0 Å². The SMILES string of the molecule is CC(C)CC(C)OCC(C)O. The molecule has 0 aliphatic carbocycles. The lowest BCUT2D eigenvalue weighted by Gasteiger charge is -2.15. The minimum atomic E-state index is -0.343. The molecule has 0 amide bonds. The molecule has 0 heterocycles. The number of rotatable bonds is 5. The van der Waals surface area contributed by atoms with Crippen LogP contribution in [-0.2, 0) is 4.74 Å². The van der Waals surface area contributed by atoms with Crippen molar-refractivity contribution in [3.8, 4) is 0 Å². The monoisotopic (exact) mass is 160 g/mol. The van der Waals surface area contributed by atoms with Gasteiger partial charge in [-0.1, -0.05) is 13.8 Å². The van der Waals surface area contributed by atoms with Gasteiger partial charge in [-0.2, -0.15) is 0 Å². The molecule has 0 radical (unpaired) electrons. The summed E-state index contributed by atoms with van der Waals surface area (Å²) in [5.41, 5.74) is 0. The predicted molar refractivity (Wildman–Crippen MR) is 46.5 cm³/mol. The summed E-state index contributed by atoms with van der Waals surface area (Å²) >= 11 is 0. The van der Waals surface area contributed by atoms with Crippen molar-refractivity contribution >= 4 is 0 Å². The summed E-state index contributed by atoms with van der Waals surface area (Å²) in [4.78, 5) is 0. The van der Waals surface area contributed by atoms with Gasteiger partial charge in [0.1, 0.15) is 0 Å². The summed E-state index contributed by atoms with van der Waals surface area (Å²) in [5.74, 6) is 0.666. The highest BCUT2D eigenvalue weighted by molar-refractivity contribution is 4.54. The standard InChI is InChI=1S/C9H20O2/c1-7(2)5-9(4)11-6-8(3)10/h7-10H,5-6H2,1-4H3. The molecule has 2 atom stereocenters.